The van der Waals surface area contributed by atoms with Crippen LogP contribution in [-0.2, 0) is 27.5 Å². The number of halogens is 4. The first kappa shape index (κ1) is 22.3. The van der Waals surface area contributed by atoms with Crippen molar-refractivity contribution >= 4 is 27.5 Å². The maximum Gasteiger partial charge on any atom is 0.421 e. The van der Waals surface area contributed by atoms with Gasteiger partial charge in [-0.1, -0.05) is 11.6 Å². The summed E-state index contributed by atoms with van der Waals surface area (Å²) >= 11 is 5.77. The molecule has 1 aromatic heterocycles. The highest BCUT2D eigenvalue weighted by molar-refractivity contribution is 7.89. The number of pyridine rings is 1. The predicted molar refractivity (Wildman–Crippen MR) is 102 cm³/mol. The Bertz CT molecular complexity index is 1090. The van der Waals surface area contributed by atoms with Gasteiger partial charge in [0.25, 0.3) is 5.56 Å². The lowest BCUT2D eigenvalue weighted by Gasteiger charge is -2.34. The number of hydrogen-bond donors (Lipinski definition) is 0. The van der Waals surface area contributed by atoms with E-state index in [0.29, 0.717) is 15.7 Å². The summed E-state index contributed by atoms with van der Waals surface area (Å²) in [6.45, 7) is -0.409. The van der Waals surface area contributed by atoms with Gasteiger partial charge in [0.1, 0.15) is 12.1 Å². The number of amides is 1. The van der Waals surface area contributed by atoms with E-state index in [1.165, 1.54) is 33.5 Å². The van der Waals surface area contributed by atoms with E-state index < -0.39 is 39.8 Å². The number of carbonyl (C=O) groups is 1. The van der Waals surface area contributed by atoms with Crippen LogP contribution in [0.1, 0.15) is 5.56 Å². The van der Waals surface area contributed by atoms with Crippen LogP contribution in [0.3, 0.4) is 0 Å². The first-order valence-electron chi connectivity index (χ1n) is 8.80. The van der Waals surface area contributed by atoms with E-state index in [1.807, 2.05) is 0 Å². The zero-order valence-corrected chi connectivity index (χ0v) is 17.0. The molecule has 1 amide bonds. The molecule has 3 rings (SSSR count). The summed E-state index contributed by atoms with van der Waals surface area (Å²) in [4.78, 5) is 25.8. The number of piperazine rings is 1. The highest BCUT2D eigenvalue weighted by Gasteiger charge is 2.35. The first-order valence-corrected chi connectivity index (χ1v) is 10.6. The van der Waals surface area contributed by atoms with E-state index in [-0.39, 0.29) is 31.1 Å². The molecule has 1 aliphatic rings. The number of hydrogen-bond acceptors (Lipinski definition) is 4. The molecule has 0 N–H and O–H groups in total. The monoisotopic (exact) mass is 463 g/mol. The molecule has 1 fully saturated rings. The van der Waals surface area contributed by atoms with Gasteiger partial charge in [0.2, 0.25) is 15.9 Å². The van der Waals surface area contributed by atoms with E-state index in [0.717, 1.165) is 12.3 Å². The molecule has 0 saturated carbocycles. The molecule has 0 bridgehead atoms. The van der Waals surface area contributed by atoms with Crippen LogP contribution in [0.5, 0.6) is 0 Å². The fourth-order valence-electron chi connectivity index (χ4n) is 3.06. The number of sulfonamides is 1. The van der Waals surface area contributed by atoms with Gasteiger partial charge < -0.3 is 9.47 Å². The van der Waals surface area contributed by atoms with Crippen LogP contribution in [0.2, 0.25) is 5.02 Å². The second kappa shape index (κ2) is 8.40. The van der Waals surface area contributed by atoms with Crippen LogP contribution in [0.25, 0.3) is 0 Å². The second-order valence-electron chi connectivity index (χ2n) is 6.59. The van der Waals surface area contributed by atoms with Crippen LogP contribution in [0.4, 0.5) is 13.2 Å². The third-order valence-corrected chi connectivity index (χ3v) is 6.84. The van der Waals surface area contributed by atoms with Gasteiger partial charge in [0.15, 0.2) is 0 Å². The van der Waals surface area contributed by atoms with Crippen molar-refractivity contribution in [2.45, 2.75) is 17.6 Å². The third-order valence-electron chi connectivity index (χ3n) is 4.67. The predicted octanol–water partition coefficient (Wildman–Crippen LogP) is 2.05. The molecule has 0 atom stereocenters. The van der Waals surface area contributed by atoms with Gasteiger partial charge in [-0.2, -0.15) is 17.5 Å². The van der Waals surface area contributed by atoms with Crippen molar-refractivity contribution in [1.29, 1.82) is 0 Å². The van der Waals surface area contributed by atoms with E-state index in [1.54, 1.807) is 0 Å². The lowest BCUT2D eigenvalue weighted by Crippen LogP contribution is -2.51. The SMILES string of the molecule is O=C(Cn1cccc(C(F)(F)F)c1=O)N1CCN(S(=O)(=O)c2ccc(Cl)cc2)CC1. The highest BCUT2D eigenvalue weighted by Crippen LogP contribution is 2.26. The Morgan fingerprint density at radius 3 is 2.20 bits per heavy atom. The Morgan fingerprint density at radius 1 is 1.03 bits per heavy atom. The van der Waals surface area contributed by atoms with Gasteiger partial charge in [-0.25, -0.2) is 8.42 Å². The average Bonchev–Trinajstić information content (AvgIpc) is 2.69. The standard InChI is InChI=1S/C18H17ClF3N3O4S/c19-13-3-5-14(6-4-13)30(28,29)25-10-8-23(9-11-25)16(26)12-24-7-1-2-15(17(24)27)18(20,21)22/h1-7H,8-12H2. The number of aromatic nitrogens is 1. The molecular formula is C18H17ClF3N3O4S. The lowest BCUT2D eigenvalue weighted by molar-refractivity contribution is -0.139. The van der Waals surface area contributed by atoms with Gasteiger partial charge in [-0.15, -0.1) is 0 Å². The Hall–Kier alpha value is -2.37. The van der Waals surface area contributed by atoms with Crippen molar-refractivity contribution in [3.63, 3.8) is 0 Å². The summed E-state index contributed by atoms with van der Waals surface area (Å²) < 4.78 is 65.8. The average molecular weight is 464 g/mol. The van der Waals surface area contributed by atoms with E-state index in [9.17, 15) is 31.2 Å². The molecular weight excluding hydrogens is 447 g/mol. The van der Waals surface area contributed by atoms with Crippen molar-refractivity contribution in [1.82, 2.24) is 13.8 Å². The number of benzene rings is 1. The second-order valence-corrected chi connectivity index (χ2v) is 8.97. The van der Waals surface area contributed by atoms with Gasteiger partial charge >= 0.3 is 6.18 Å². The molecule has 1 saturated heterocycles. The summed E-state index contributed by atoms with van der Waals surface area (Å²) in [5, 5.41) is 0.397. The largest absolute Gasteiger partial charge is 0.421 e. The molecule has 2 aromatic rings. The minimum absolute atomic E-state index is 0.0220. The van der Waals surface area contributed by atoms with Crippen LogP contribution in [0.15, 0.2) is 52.3 Å². The fourth-order valence-corrected chi connectivity index (χ4v) is 4.60. The molecule has 12 heteroatoms. The van der Waals surface area contributed by atoms with Gasteiger partial charge in [-0.05, 0) is 36.4 Å². The molecule has 162 valence electrons. The van der Waals surface area contributed by atoms with E-state index in [2.05, 4.69) is 0 Å². The number of nitrogens with zero attached hydrogens (tertiary/aromatic N) is 3. The maximum absolute atomic E-state index is 12.9. The summed E-state index contributed by atoms with van der Waals surface area (Å²) in [6, 6.07) is 7.39. The molecule has 7 nitrogen and oxygen atoms in total. The zero-order chi connectivity index (χ0) is 22.1. The minimum Gasteiger partial charge on any atom is -0.339 e. The van der Waals surface area contributed by atoms with E-state index in [4.69, 9.17) is 11.6 Å². The first-order chi connectivity index (χ1) is 14.0. The number of rotatable bonds is 4. The Labute approximate surface area is 175 Å². The van der Waals surface area contributed by atoms with Gasteiger partial charge in [0.05, 0.1) is 4.90 Å². The quantitative estimate of drug-likeness (QED) is 0.695. The molecule has 1 aliphatic heterocycles. The van der Waals surface area contributed by atoms with Crippen LogP contribution >= 0.6 is 11.6 Å². The molecule has 0 aliphatic carbocycles. The highest BCUT2D eigenvalue weighted by atomic mass is 35.5. The summed E-state index contributed by atoms with van der Waals surface area (Å²) in [6.07, 6.45) is -3.71. The fraction of sp³-hybridized carbons (Fsp3) is 0.333. The normalized spacial score (nSPS) is 15.9. The van der Waals surface area contributed by atoms with Crippen LogP contribution in [-0.4, -0.2) is 54.3 Å². The smallest absolute Gasteiger partial charge is 0.339 e. The molecule has 30 heavy (non-hydrogen) atoms. The van der Waals surface area contributed by atoms with Crippen molar-refractivity contribution in [3.05, 3.63) is 63.5 Å². The minimum atomic E-state index is -4.81. The number of alkyl halides is 3. The molecule has 0 unspecified atom stereocenters. The topological polar surface area (TPSA) is 79.7 Å². The van der Waals surface area contributed by atoms with Crippen molar-refractivity contribution < 1.29 is 26.4 Å². The zero-order valence-electron chi connectivity index (χ0n) is 15.5. The van der Waals surface area contributed by atoms with Gasteiger partial charge in [0, 0.05) is 37.4 Å². The number of carbonyl (C=O) groups excluding carboxylic acids is 1. The van der Waals surface area contributed by atoms with Crippen LogP contribution in [0, 0.1) is 0 Å². The molecule has 1 aromatic carbocycles. The van der Waals surface area contributed by atoms with Gasteiger partial charge in [-0.3, -0.25) is 9.59 Å². The van der Waals surface area contributed by atoms with Crippen molar-refractivity contribution in [3.8, 4) is 0 Å². The Balaban J connectivity index is 1.66. The molecule has 2 heterocycles. The Kier molecular flexibility index (Phi) is 6.25. The van der Waals surface area contributed by atoms with E-state index >= 15 is 0 Å². The summed E-state index contributed by atoms with van der Waals surface area (Å²) in [5.41, 5.74) is -2.65. The van der Waals surface area contributed by atoms with Crippen LogP contribution < -0.4 is 5.56 Å². The third kappa shape index (κ3) is 4.68. The maximum atomic E-state index is 12.9. The van der Waals surface area contributed by atoms with Crippen molar-refractivity contribution in [2.24, 2.45) is 0 Å². The lowest BCUT2D eigenvalue weighted by atomic mass is 10.2. The summed E-state index contributed by atoms with van der Waals surface area (Å²) in [7, 11) is -3.76. The van der Waals surface area contributed by atoms with Crippen molar-refractivity contribution in [2.75, 3.05) is 26.2 Å². The molecule has 0 spiro atoms. The molecule has 0 radical (unpaired) electrons. The summed E-state index contributed by atoms with van der Waals surface area (Å²) in [5.74, 6) is -0.569. The Morgan fingerprint density at radius 2 is 1.63 bits per heavy atom.